The number of aldehydes is 1. The third-order valence-electron chi connectivity index (χ3n) is 1.80. The van der Waals surface area contributed by atoms with Crippen LogP contribution in [0.4, 0.5) is 0 Å². The van der Waals surface area contributed by atoms with E-state index in [1.54, 1.807) is 11.3 Å². The van der Waals surface area contributed by atoms with Crippen LogP contribution >= 0.6 is 46.6 Å². The summed E-state index contributed by atoms with van der Waals surface area (Å²) in [5.74, 6) is 0. The van der Waals surface area contributed by atoms with E-state index in [-0.39, 0.29) is 0 Å². The van der Waals surface area contributed by atoms with E-state index in [0.717, 1.165) is 30.4 Å². The maximum absolute atomic E-state index is 10.7. The van der Waals surface area contributed by atoms with Crippen molar-refractivity contribution in [2.45, 2.75) is 4.90 Å². The van der Waals surface area contributed by atoms with Gasteiger partial charge in [-0.15, -0.1) is 24.0 Å². The minimum Gasteiger partial charge on any atom is -0.298 e. The molecule has 0 saturated heterocycles. The fourth-order valence-electron chi connectivity index (χ4n) is 1.15. The van der Waals surface area contributed by atoms with Crippen LogP contribution in [0, 0.1) is 3.57 Å². The Kier molecular flexibility index (Phi) is 2.62. The molecule has 0 saturated carbocycles. The van der Waals surface area contributed by atoms with Crippen molar-refractivity contribution in [2.75, 3.05) is 0 Å². The zero-order valence-electron chi connectivity index (χ0n) is 6.45. The third-order valence-corrected chi connectivity index (χ3v) is 4.45. The van der Waals surface area contributed by atoms with E-state index >= 15 is 0 Å². The standard InChI is InChI=1S/C9H5IOS2/c10-7-1-6-5(3-11)4-13-9(6)2-8(7)12/h1-4,12H. The second-order valence-corrected chi connectivity index (χ2v) is 5.16. The van der Waals surface area contributed by atoms with E-state index in [4.69, 9.17) is 0 Å². The third kappa shape index (κ3) is 1.62. The van der Waals surface area contributed by atoms with Gasteiger partial charge in [-0.2, -0.15) is 0 Å². The van der Waals surface area contributed by atoms with Gasteiger partial charge in [0.25, 0.3) is 0 Å². The second-order valence-electron chi connectivity index (χ2n) is 2.61. The average molecular weight is 320 g/mol. The van der Waals surface area contributed by atoms with Crippen LogP contribution in [0.5, 0.6) is 0 Å². The van der Waals surface area contributed by atoms with Crippen molar-refractivity contribution in [3.8, 4) is 0 Å². The van der Waals surface area contributed by atoms with Crippen LogP contribution in [-0.4, -0.2) is 6.29 Å². The second kappa shape index (κ2) is 3.59. The maximum atomic E-state index is 10.7. The molecule has 0 aliphatic heterocycles. The van der Waals surface area contributed by atoms with E-state index < -0.39 is 0 Å². The summed E-state index contributed by atoms with van der Waals surface area (Å²) in [4.78, 5) is 11.6. The molecule has 0 unspecified atom stereocenters. The smallest absolute Gasteiger partial charge is 0.151 e. The lowest BCUT2D eigenvalue weighted by Crippen LogP contribution is -1.78. The first kappa shape index (κ1) is 9.48. The summed E-state index contributed by atoms with van der Waals surface area (Å²) >= 11 is 8.12. The Balaban J connectivity index is 2.84. The van der Waals surface area contributed by atoms with Gasteiger partial charge < -0.3 is 0 Å². The molecule has 0 amide bonds. The molecule has 4 heteroatoms. The van der Waals surface area contributed by atoms with Gasteiger partial charge in [0.15, 0.2) is 6.29 Å². The SMILES string of the molecule is O=Cc1csc2cc(S)c(I)cc12. The van der Waals surface area contributed by atoms with Crippen molar-refractivity contribution in [1.82, 2.24) is 0 Å². The van der Waals surface area contributed by atoms with E-state index in [0.29, 0.717) is 0 Å². The highest BCUT2D eigenvalue weighted by molar-refractivity contribution is 14.1. The van der Waals surface area contributed by atoms with Crippen LogP contribution in [0.2, 0.25) is 0 Å². The highest BCUT2D eigenvalue weighted by Gasteiger charge is 2.05. The summed E-state index contributed by atoms with van der Waals surface area (Å²) in [5, 5.41) is 2.91. The van der Waals surface area contributed by atoms with Crippen LogP contribution in [0.25, 0.3) is 10.1 Å². The number of fused-ring (bicyclic) bond motifs is 1. The molecule has 2 aromatic rings. The Bertz CT molecular complexity index is 476. The number of rotatable bonds is 1. The lowest BCUT2D eigenvalue weighted by molar-refractivity contribution is 0.112. The minimum atomic E-state index is 0.770. The molecule has 0 aliphatic rings. The van der Waals surface area contributed by atoms with Crippen LogP contribution in [0.3, 0.4) is 0 Å². The van der Waals surface area contributed by atoms with Crippen molar-refractivity contribution >= 4 is 62.9 Å². The fraction of sp³-hybridized carbons (Fsp3) is 0. The monoisotopic (exact) mass is 320 g/mol. The Morgan fingerprint density at radius 3 is 2.92 bits per heavy atom. The zero-order valence-corrected chi connectivity index (χ0v) is 10.3. The summed E-state index contributed by atoms with van der Waals surface area (Å²) < 4.78 is 2.20. The summed E-state index contributed by atoms with van der Waals surface area (Å²) in [6, 6.07) is 4.00. The van der Waals surface area contributed by atoms with Crippen LogP contribution in [0.1, 0.15) is 10.4 Å². The molecule has 1 nitrogen and oxygen atoms in total. The zero-order chi connectivity index (χ0) is 9.42. The van der Waals surface area contributed by atoms with Crippen molar-refractivity contribution in [2.24, 2.45) is 0 Å². The van der Waals surface area contributed by atoms with Crippen LogP contribution in [-0.2, 0) is 0 Å². The van der Waals surface area contributed by atoms with Gasteiger partial charge in [-0.05, 0) is 34.7 Å². The number of hydrogen-bond acceptors (Lipinski definition) is 3. The van der Waals surface area contributed by atoms with Gasteiger partial charge in [-0.1, -0.05) is 0 Å². The quantitative estimate of drug-likeness (QED) is 0.483. The van der Waals surface area contributed by atoms with Crippen molar-refractivity contribution in [3.05, 3.63) is 26.6 Å². The number of hydrogen-bond donors (Lipinski definition) is 1. The van der Waals surface area contributed by atoms with E-state index in [9.17, 15) is 4.79 Å². The largest absolute Gasteiger partial charge is 0.298 e. The fourth-order valence-corrected chi connectivity index (χ4v) is 2.82. The van der Waals surface area contributed by atoms with Gasteiger partial charge in [0, 0.05) is 29.5 Å². The Morgan fingerprint density at radius 2 is 2.23 bits per heavy atom. The molecule has 0 aliphatic carbocycles. The molecule has 0 atom stereocenters. The van der Waals surface area contributed by atoms with Crippen molar-refractivity contribution < 1.29 is 4.79 Å². The number of thiophene rings is 1. The van der Waals surface area contributed by atoms with Crippen molar-refractivity contribution in [1.29, 1.82) is 0 Å². The molecule has 0 radical (unpaired) electrons. The number of halogens is 1. The predicted octanol–water partition coefficient (Wildman–Crippen LogP) is 3.61. The Hall–Kier alpha value is -0.0700. The van der Waals surface area contributed by atoms with Gasteiger partial charge in [0.1, 0.15) is 0 Å². The highest BCUT2D eigenvalue weighted by atomic mass is 127. The molecule has 13 heavy (non-hydrogen) atoms. The summed E-state index contributed by atoms with van der Waals surface area (Å²) in [6.45, 7) is 0. The van der Waals surface area contributed by atoms with E-state index in [2.05, 4.69) is 35.2 Å². The number of carbonyl (C=O) groups is 1. The molecular formula is C9H5IOS2. The minimum absolute atomic E-state index is 0.770. The molecular weight excluding hydrogens is 315 g/mol. The van der Waals surface area contributed by atoms with Gasteiger partial charge in [0.2, 0.25) is 0 Å². The van der Waals surface area contributed by atoms with Gasteiger partial charge in [-0.3, -0.25) is 4.79 Å². The first-order valence-corrected chi connectivity index (χ1v) is 5.98. The molecule has 2 rings (SSSR count). The molecule has 0 spiro atoms. The molecule has 1 aromatic carbocycles. The lowest BCUT2D eigenvalue weighted by atomic mass is 10.2. The average Bonchev–Trinajstić information content (AvgIpc) is 2.48. The number of benzene rings is 1. The molecule has 66 valence electrons. The molecule has 1 aromatic heterocycles. The molecule has 0 fully saturated rings. The number of thiol groups is 1. The molecule has 1 heterocycles. The number of carbonyl (C=O) groups excluding carboxylic acids is 1. The normalized spacial score (nSPS) is 10.6. The van der Waals surface area contributed by atoms with Crippen molar-refractivity contribution in [3.63, 3.8) is 0 Å². The lowest BCUT2D eigenvalue weighted by Gasteiger charge is -1.97. The van der Waals surface area contributed by atoms with Gasteiger partial charge in [-0.25, -0.2) is 0 Å². The topological polar surface area (TPSA) is 17.1 Å². The Morgan fingerprint density at radius 1 is 1.46 bits per heavy atom. The van der Waals surface area contributed by atoms with E-state index in [1.165, 1.54) is 0 Å². The van der Waals surface area contributed by atoms with Crippen LogP contribution < -0.4 is 0 Å². The molecule has 0 N–H and O–H groups in total. The summed E-state index contributed by atoms with van der Waals surface area (Å²) in [5.41, 5.74) is 0.770. The predicted molar refractivity (Wildman–Crippen MR) is 67.2 cm³/mol. The first-order valence-electron chi connectivity index (χ1n) is 3.57. The van der Waals surface area contributed by atoms with E-state index in [1.807, 2.05) is 17.5 Å². The molecule has 0 bridgehead atoms. The summed E-state index contributed by atoms with van der Waals surface area (Å²) in [7, 11) is 0. The van der Waals surface area contributed by atoms with Gasteiger partial charge >= 0.3 is 0 Å². The first-order chi connectivity index (χ1) is 6.22. The highest BCUT2D eigenvalue weighted by Crippen LogP contribution is 2.30. The van der Waals surface area contributed by atoms with Gasteiger partial charge in [0.05, 0.1) is 0 Å². The van der Waals surface area contributed by atoms with Crippen LogP contribution in [0.15, 0.2) is 22.4 Å². The Labute approximate surface area is 98.7 Å². The summed E-state index contributed by atoms with van der Waals surface area (Å²) in [6.07, 6.45) is 0.896. The maximum Gasteiger partial charge on any atom is 0.151 e.